The molecule has 1 unspecified atom stereocenters. The monoisotopic (exact) mass is 316 g/mol. The van der Waals surface area contributed by atoms with Crippen molar-refractivity contribution in [3.63, 3.8) is 0 Å². The summed E-state index contributed by atoms with van der Waals surface area (Å²) in [6.07, 6.45) is 3.68. The summed E-state index contributed by atoms with van der Waals surface area (Å²) in [5.74, 6) is 1.73. The summed E-state index contributed by atoms with van der Waals surface area (Å²) in [6.45, 7) is 4.17. The standard InChI is InChI=1S/C18H24N2O3/c1-13(10-14-4-5-16-17(11-14)23-12-22-16)20(3)18(21)15-6-8-19(2)9-7-15/h4-6,11,13H,7-10,12H2,1-3H3. The van der Waals surface area contributed by atoms with Crippen molar-refractivity contribution in [2.75, 3.05) is 34.0 Å². The van der Waals surface area contributed by atoms with Crippen LogP contribution in [0.5, 0.6) is 11.5 Å². The molecule has 0 N–H and O–H groups in total. The molecule has 2 aliphatic rings. The van der Waals surface area contributed by atoms with Crippen molar-refractivity contribution < 1.29 is 14.3 Å². The molecule has 1 aromatic carbocycles. The van der Waals surface area contributed by atoms with Gasteiger partial charge >= 0.3 is 0 Å². The maximum absolute atomic E-state index is 12.6. The molecule has 0 aromatic heterocycles. The lowest BCUT2D eigenvalue weighted by Gasteiger charge is -2.29. The molecule has 3 rings (SSSR count). The third-order valence-corrected chi connectivity index (χ3v) is 4.64. The second-order valence-electron chi connectivity index (χ2n) is 6.40. The number of hydrogen-bond acceptors (Lipinski definition) is 4. The van der Waals surface area contributed by atoms with Crippen LogP contribution in [0, 0.1) is 0 Å². The molecule has 0 saturated heterocycles. The number of benzene rings is 1. The lowest BCUT2D eigenvalue weighted by molar-refractivity contribution is -0.127. The number of carbonyl (C=O) groups excluding carboxylic acids is 1. The summed E-state index contributed by atoms with van der Waals surface area (Å²) in [4.78, 5) is 16.7. The van der Waals surface area contributed by atoms with Gasteiger partial charge in [0.25, 0.3) is 0 Å². The zero-order valence-electron chi connectivity index (χ0n) is 14.0. The van der Waals surface area contributed by atoms with Gasteiger partial charge in [-0.25, -0.2) is 0 Å². The number of rotatable bonds is 4. The van der Waals surface area contributed by atoms with Crippen LogP contribution in [-0.4, -0.2) is 55.7 Å². The quantitative estimate of drug-likeness (QED) is 0.853. The summed E-state index contributed by atoms with van der Waals surface area (Å²) in [5.41, 5.74) is 2.09. The molecule has 0 radical (unpaired) electrons. The first-order chi connectivity index (χ1) is 11.0. The molecule has 1 aromatic rings. The van der Waals surface area contributed by atoms with Crippen molar-refractivity contribution in [3.8, 4) is 11.5 Å². The Hall–Kier alpha value is -2.01. The Morgan fingerprint density at radius 2 is 2.13 bits per heavy atom. The number of amides is 1. The van der Waals surface area contributed by atoms with E-state index >= 15 is 0 Å². The van der Waals surface area contributed by atoms with Gasteiger partial charge < -0.3 is 19.3 Å². The molecule has 2 heterocycles. The average Bonchev–Trinajstić information content (AvgIpc) is 3.01. The molecular formula is C18H24N2O3. The minimum absolute atomic E-state index is 0.128. The number of carbonyl (C=O) groups is 1. The van der Waals surface area contributed by atoms with Gasteiger partial charge in [-0.1, -0.05) is 12.1 Å². The lowest BCUT2D eigenvalue weighted by atomic mass is 10.0. The highest BCUT2D eigenvalue weighted by molar-refractivity contribution is 5.93. The predicted molar refractivity (Wildman–Crippen MR) is 88.7 cm³/mol. The van der Waals surface area contributed by atoms with Crippen LogP contribution in [0.15, 0.2) is 29.8 Å². The summed E-state index contributed by atoms with van der Waals surface area (Å²) >= 11 is 0. The van der Waals surface area contributed by atoms with Crippen LogP contribution in [-0.2, 0) is 11.2 Å². The van der Waals surface area contributed by atoms with Crippen LogP contribution in [0.4, 0.5) is 0 Å². The molecule has 1 atom stereocenters. The van der Waals surface area contributed by atoms with Gasteiger partial charge in [0.1, 0.15) is 0 Å². The maximum Gasteiger partial charge on any atom is 0.249 e. The Labute approximate surface area is 137 Å². The first kappa shape index (κ1) is 15.9. The van der Waals surface area contributed by atoms with E-state index in [-0.39, 0.29) is 18.7 Å². The van der Waals surface area contributed by atoms with Crippen molar-refractivity contribution in [2.45, 2.75) is 25.8 Å². The van der Waals surface area contributed by atoms with Crippen molar-refractivity contribution in [1.29, 1.82) is 0 Å². The second kappa shape index (κ2) is 6.62. The Balaban J connectivity index is 1.63. The molecule has 0 spiro atoms. The van der Waals surface area contributed by atoms with Gasteiger partial charge in [0.05, 0.1) is 0 Å². The molecule has 1 amide bonds. The van der Waals surface area contributed by atoms with Gasteiger partial charge in [-0.2, -0.15) is 0 Å². The van der Waals surface area contributed by atoms with Gasteiger partial charge in [-0.05, 0) is 44.5 Å². The van der Waals surface area contributed by atoms with Gasteiger partial charge in [0.15, 0.2) is 11.5 Å². The van der Waals surface area contributed by atoms with E-state index in [2.05, 4.69) is 24.9 Å². The second-order valence-corrected chi connectivity index (χ2v) is 6.40. The molecular weight excluding hydrogens is 292 g/mol. The smallest absolute Gasteiger partial charge is 0.249 e. The average molecular weight is 316 g/mol. The molecule has 5 heteroatoms. The summed E-state index contributed by atoms with van der Waals surface area (Å²) in [6, 6.07) is 6.11. The van der Waals surface area contributed by atoms with E-state index in [9.17, 15) is 4.79 Å². The third kappa shape index (κ3) is 3.50. The van der Waals surface area contributed by atoms with Crippen molar-refractivity contribution >= 4 is 5.91 Å². The molecule has 124 valence electrons. The minimum Gasteiger partial charge on any atom is -0.454 e. The van der Waals surface area contributed by atoms with Crippen LogP contribution in [0.2, 0.25) is 0 Å². The van der Waals surface area contributed by atoms with Gasteiger partial charge in [-0.3, -0.25) is 4.79 Å². The first-order valence-electron chi connectivity index (χ1n) is 8.08. The zero-order valence-corrected chi connectivity index (χ0v) is 14.0. The SMILES string of the molecule is CC(Cc1ccc2c(c1)OCO2)N(C)C(=O)C1=CCN(C)CC1. The number of likely N-dealkylation sites (N-methyl/N-ethyl adjacent to an activating group) is 2. The van der Waals surface area contributed by atoms with Gasteiger partial charge in [0, 0.05) is 31.8 Å². The highest BCUT2D eigenvalue weighted by Gasteiger charge is 2.22. The fraction of sp³-hybridized carbons (Fsp3) is 0.500. The molecule has 5 nitrogen and oxygen atoms in total. The largest absolute Gasteiger partial charge is 0.454 e. The minimum atomic E-state index is 0.128. The van der Waals surface area contributed by atoms with Crippen LogP contribution in [0.1, 0.15) is 18.9 Å². The highest BCUT2D eigenvalue weighted by atomic mass is 16.7. The van der Waals surface area contributed by atoms with E-state index in [1.54, 1.807) is 0 Å². The Kier molecular flexibility index (Phi) is 4.57. The molecule has 2 aliphatic heterocycles. The van der Waals surface area contributed by atoms with Gasteiger partial charge in [-0.15, -0.1) is 0 Å². The molecule has 0 fully saturated rings. The Bertz CT molecular complexity index is 627. The van der Waals surface area contributed by atoms with Gasteiger partial charge in [0.2, 0.25) is 12.7 Å². The van der Waals surface area contributed by atoms with Crippen LogP contribution in [0.3, 0.4) is 0 Å². The van der Waals surface area contributed by atoms with Crippen molar-refractivity contribution in [3.05, 3.63) is 35.4 Å². The van der Waals surface area contributed by atoms with E-state index in [4.69, 9.17) is 9.47 Å². The zero-order chi connectivity index (χ0) is 16.4. The number of ether oxygens (including phenoxy) is 2. The van der Waals surface area contributed by atoms with Crippen LogP contribution >= 0.6 is 0 Å². The summed E-state index contributed by atoms with van der Waals surface area (Å²) < 4.78 is 10.8. The Morgan fingerprint density at radius 1 is 1.35 bits per heavy atom. The highest BCUT2D eigenvalue weighted by Crippen LogP contribution is 2.33. The van der Waals surface area contributed by atoms with E-state index in [1.807, 2.05) is 30.1 Å². The topological polar surface area (TPSA) is 42.0 Å². The van der Waals surface area contributed by atoms with E-state index < -0.39 is 0 Å². The summed E-state index contributed by atoms with van der Waals surface area (Å²) in [7, 11) is 3.96. The Morgan fingerprint density at radius 3 is 2.87 bits per heavy atom. The number of hydrogen-bond donors (Lipinski definition) is 0. The number of nitrogens with zero attached hydrogens (tertiary/aromatic N) is 2. The van der Waals surface area contributed by atoms with Crippen molar-refractivity contribution in [1.82, 2.24) is 9.80 Å². The first-order valence-corrected chi connectivity index (χ1v) is 8.08. The molecule has 0 aliphatic carbocycles. The maximum atomic E-state index is 12.6. The lowest BCUT2D eigenvalue weighted by Crippen LogP contribution is -2.39. The fourth-order valence-corrected chi connectivity index (χ4v) is 2.94. The normalized spacial score (nSPS) is 18.5. The number of fused-ring (bicyclic) bond motifs is 1. The molecule has 23 heavy (non-hydrogen) atoms. The predicted octanol–water partition coefficient (Wildman–Crippen LogP) is 2.07. The van der Waals surface area contributed by atoms with E-state index in [0.717, 1.165) is 48.6 Å². The van der Waals surface area contributed by atoms with Crippen LogP contribution in [0.25, 0.3) is 0 Å². The summed E-state index contributed by atoms with van der Waals surface area (Å²) in [5, 5.41) is 0. The van der Waals surface area contributed by atoms with Crippen LogP contribution < -0.4 is 9.47 Å². The van der Waals surface area contributed by atoms with Crippen molar-refractivity contribution in [2.24, 2.45) is 0 Å². The van der Waals surface area contributed by atoms with E-state index in [0.29, 0.717) is 0 Å². The molecule has 0 bridgehead atoms. The third-order valence-electron chi connectivity index (χ3n) is 4.64. The van der Waals surface area contributed by atoms with E-state index in [1.165, 1.54) is 0 Å². The molecule has 0 saturated carbocycles. The fourth-order valence-electron chi connectivity index (χ4n) is 2.94.